The first kappa shape index (κ1) is 12.9. The minimum absolute atomic E-state index is 0.280. The monoisotopic (exact) mass is 303 g/mol. The molecule has 5 rings (SSSR count). The molecule has 2 aliphatic rings. The van der Waals surface area contributed by atoms with Gasteiger partial charge in [0.25, 0.3) is 0 Å². The number of nitrogens with zero attached hydrogens (tertiary/aromatic N) is 2. The maximum Gasteiger partial charge on any atom is 0.227 e. The van der Waals surface area contributed by atoms with Crippen molar-refractivity contribution >= 4 is 22.6 Å². The van der Waals surface area contributed by atoms with E-state index in [0.29, 0.717) is 6.42 Å². The van der Waals surface area contributed by atoms with Gasteiger partial charge < -0.3 is 9.88 Å². The molecule has 0 spiro atoms. The first-order chi connectivity index (χ1) is 11.3. The highest BCUT2D eigenvalue weighted by molar-refractivity contribution is 6.00. The zero-order chi connectivity index (χ0) is 15.4. The molecule has 1 N–H and O–H groups in total. The third kappa shape index (κ3) is 1.84. The molecule has 4 heteroatoms. The van der Waals surface area contributed by atoms with E-state index in [0.717, 1.165) is 36.8 Å². The van der Waals surface area contributed by atoms with Crippen molar-refractivity contribution in [3.63, 3.8) is 0 Å². The number of amides is 1. The fourth-order valence-electron chi connectivity index (χ4n) is 4.00. The van der Waals surface area contributed by atoms with Crippen molar-refractivity contribution in [2.75, 3.05) is 11.4 Å². The van der Waals surface area contributed by atoms with E-state index >= 15 is 0 Å². The summed E-state index contributed by atoms with van der Waals surface area (Å²) in [5.74, 6) is 0.280. The Morgan fingerprint density at radius 2 is 2.00 bits per heavy atom. The molecule has 0 fully saturated rings. The van der Waals surface area contributed by atoms with E-state index in [-0.39, 0.29) is 5.91 Å². The van der Waals surface area contributed by atoms with Crippen LogP contribution < -0.4 is 4.90 Å². The second-order valence-electron chi connectivity index (χ2n) is 6.39. The van der Waals surface area contributed by atoms with Crippen LogP contribution in [-0.4, -0.2) is 22.4 Å². The number of H-pyrrole nitrogens is 1. The first-order valence-corrected chi connectivity index (χ1v) is 8.20. The standard InChI is InChI=1S/C19H17N3O/c23-17-6-5-13-10-14(9-12-3-2-8-22(17)18(12)13)16-11-21-19-15(16)4-1-7-20-19/h1,4,7,9-11H,2-3,5-6,8H2,(H,20,21). The van der Waals surface area contributed by atoms with Gasteiger partial charge >= 0.3 is 0 Å². The molecular formula is C19H17N3O. The van der Waals surface area contributed by atoms with Gasteiger partial charge in [-0.3, -0.25) is 4.79 Å². The zero-order valence-electron chi connectivity index (χ0n) is 12.8. The predicted molar refractivity (Wildman–Crippen MR) is 90.5 cm³/mol. The highest BCUT2D eigenvalue weighted by Crippen LogP contribution is 2.40. The number of nitrogens with one attached hydrogen (secondary N) is 1. The SMILES string of the molecule is O=C1CCc2cc(-c3c[nH]c4ncccc34)cc3c2N1CCC3. The predicted octanol–water partition coefficient (Wildman–Crippen LogP) is 3.46. The summed E-state index contributed by atoms with van der Waals surface area (Å²) in [5, 5.41) is 1.15. The van der Waals surface area contributed by atoms with Crippen molar-refractivity contribution in [1.82, 2.24) is 9.97 Å². The Labute approximate surface area is 134 Å². The van der Waals surface area contributed by atoms with E-state index in [1.54, 1.807) is 0 Å². The van der Waals surface area contributed by atoms with Gasteiger partial charge in [0.05, 0.1) is 5.69 Å². The number of rotatable bonds is 1. The summed E-state index contributed by atoms with van der Waals surface area (Å²) >= 11 is 0. The van der Waals surface area contributed by atoms with Gasteiger partial charge in [0.15, 0.2) is 0 Å². The summed E-state index contributed by atoms with van der Waals surface area (Å²) in [6, 6.07) is 8.61. The number of carbonyl (C=O) groups is 1. The molecule has 1 amide bonds. The Balaban J connectivity index is 1.73. The van der Waals surface area contributed by atoms with Crippen LogP contribution in [0.15, 0.2) is 36.7 Å². The summed E-state index contributed by atoms with van der Waals surface area (Å²) in [4.78, 5) is 21.8. The van der Waals surface area contributed by atoms with E-state index < -0.39 is 0 Å². The van der Waals surface area contributed by atoms with Crippen LogP contribution >= 0.6 is 0 Å². The van der Waals surface area contributed by atoms with Crippen molar-refractivity contribution in [2.24, 2.45) is 0 Å². The molecule has 1 aromatic carbocycles. The van der Waals surface area contributed by atoms with Gasteiger partial charge in [-0.25, -0.2) is 4.98 Å². The van der Waals surface area contributed by atoms with Crippen molar-refractivity contribution in [1.29, 1.82) is 0 Å². The number of pyridine rings is 1. The Kier molecular flexibility index (Phi) is 2.62. The average molecular weight is 303 g/mol. The maximum atomic E-state index is 12.2. The van der Waals surface area contributed by atoms with Crippen LogP contribution in [0.2, 0.25) is 0 Å². The number of anilines is 1. The number of aromatic nitrogens is 2. The summed E-state index contributed by atoms with van der Waals surface area (Å²) in [7, 11) is 0. The van der Waals surface area contributed by atoms with Gasteiger partial charge in [-0.2, -0.15) is 0 Å². The minimum Gasteiger partial charge on any atom is -0.346 e. The van der Waals surface area contributed by atoms with Crippen LogP contribution in [0.5, 0.6) is 0 Å². The fraction of sp³-hybridized carbons (Fsp3) is 0.263. The normalized spacial score (nSPS) is 16.7. The Morgan fingerprint density at radius 1 is 1.13 bits per heavy atom. The molecule has 114 valence electrons. The molecule has 4 heterocycles. The quantitative estimate of drug-likeness (QED) is 0.748. The average Bonchev–Trinajstić information content (AvgIpc) is 3.02. The molecule has 0 saturated carbocycles. The lowest BCUT2D eigenvalue weighted by Crippen LogP contribution is -2.39. The topological polar surface area (TPSA) is 49.0 Å². The van der Waals surface area contributed by atoms with Gasteiger partial charge in [0, 0.05) is 36.3 Å². The Bertz CT molecular complexity index is 924. The third-order valence-electron chi connectivity index (χ3n) is 5.04. The molecule has 4 nitrogen and oxygen atoms in total. The lowest BCUT2D eigenvalue weighted by atomic mass is 9.88. The van der Waals surface area contributed by atoms with E-state index in [2.05, 4.69) is 28.2 Å². The van der Waals surface area contributed by atoms with Crippen molar-refractivity contribution in [2.45, 2.75) is 25.7 Å². The largest absolute Gasteiger partial charge is 0.346 e. The Morgan fingerprint density at radius 3 is 2.91 bits per heavy atom. The van der Waals surface area contributed by atoms with Crippen LogP contribution in [-0.2, 0) is 17.6 Å². The van der Waals surface area contributed by atoms with Crippen LogP contribution in [0, 0.1) is 0 Å². The molecule has 0 atom stereocenters. The molecule has 2 aliphatic heterocycles. The number of hydrogen-bond donors (Lipinski definition) is 1. The second-order valence-corrected chi connectivity index (χ2v) is 6.39. The van der Waals surface area contributed by atoms with Crippen LogP contribution in [0.3, 0.4) is 0 Å². The molecule has 0 aliphatic carbocycles. The highest BCUT2D eigenvalue weighted by atomic mass is 16.2. The number of hydrogen-bond acceptors (Lipinski definition) is 2. The summed E-state index contributed by atoms with van der Waals surface area (Å²) in [6.45, 7) is 0.870. The number of carbonyl (C=O) groups excluding carboxylic acids is 1. The van der Waals surface area contributed by atoms with Crippen molar-refractivity contribution in [3.8, 4) is 11.1 Å². The highest BCUT2D eigenvalue weighted by Gasteiger charge is 2.29. The molecule has 0 radical (unpaired) electrons. The Hall–Kier alpha value is -2.62. The van der Waals surface area contributed by atoms with Crippen LogP contribution in [0.1, 0.15) is 24.0 Å². The van der Waals surface area contributed by atoms with Gasteiger partial charge in [-0.1, -0.05) is 0 Å². The molecule has 0 unspecified atom stereocenters. The van der Waals surface area contributed by atoms with Gasteiger partial charge in [0.2, 0.25) is 5.91 Å². The molecule has 0 bridgehead atoms. The number of benzene rings is 1. The fourth-order valence-corrected chi connectivity index (χ4v) is 4.00. The van der Waals surface area contributed by atoms with E-state index in [1.165, 1.54) is 27.9 Å². The molecule has 23 heavy (non-hydrogen) atoms. The van der Waals surface area contributed by atoms with Gasteiger partial charge in [-0.05, 0) is 60.2 Å². The third-order valence-corrected chi connectivity index (χ3v) is 5.04. The first-order valence-electron chi connectivity index (χ1n) is 8.20. The summed E-state index contributed by atoms with van der Waals surface area (Å²) in [5.41, 5.74) is 7.17. The number of aromatic amines is 1. The lowest BCUT2D eigenvalue weighted by molar-refractivity contribution is -0.119. The number of fused-ring (bicyclic) bond motifs is 1. The molecular weight excluding hydrogens is 286 g/mol. The van der Waals surface area contributed by atoms with Crippen LogP contribution in [0.25, 0.3) is 22.2 Å². The van der Waals surface area contributed by atoms with E-state index in [1.807, 2.05) is 23.4 Å². The van der Waals surface area contributed by atoms with Crippen molar-refractivity contribution in [3.05, 3.63) is 47.8 Å². The van der Waals surface area contributed by atoms with Gasteiger partial charge in [-0.15, -0.1) is 0 Å². The summed E-state index contributed by atoms with van der Waals surface area (Å²) < 4.78 is 0. The smallest absolute Gasteiger partial charge is 0.227 e. The van der Waals surface area contributed by atoms with Crippen molar-refractivity contribution < 1.29 is 4.79 Å². The van der Waals surface area contributed by atoms with E-state index in [4.69, 9.17) is 0 Å². The molecule has 0 saturated heterocycles. The number of aryl methyl sites for hydroxylation is 2. The van der Waals surface area contributed by atoms with Crippen LogP contribution in [0.4, 0.5) is 5.69 Å². The van der Waals surface area contributed by atoms with Gasteiger partial charge in [0.1, 0.15) is 5.65 Å². The maximum absolute atomic E-state index is 12.2. The molecule has 3 aromatic rings. The zero-order valence-corrected chi connectivity index (χ0v) is 12.8. The summed E-state index contributed by atoms with van der Waals surface area (Å²) in [6.07, 6.45) is 7.44. The molecule has 2 aromatic heterocycles. The van der Waals surface area contributed by atoms with E-state index in [9.17, 15) is 4.79 Å². The second kappa shape index (κ2) is 4.69. The minimum atomic E-state index is 0.280. The lowest BCUT2D eigenvalue weighted by Gasteiger charge is -2.35.